The van der Waals surface area contributed by atoms with Crippen molar-refractivity contribution in [3.05, 3.63) is 0 Å². The van der Waals surface area contributed by atoms with Gasteiger partial charge >= 0.3 is 0 Å². The molecule has 4 saturated carbocycles. The van der Waals surface area contributed by atoms with Gasteiger partial charge in [0.1, 0.15) is 0 Å². The molecule has 110 valence electrons. The Morgan fingerprint density at radius 2 is 1.74 bits per heavy atom. The maximum absolute atomic E-state index is 5.79. The van der Waals surface area contributed by atoms with Crippen molar-refractivity contribution in [2.45, 2.75) is 63.8 Å². The Bertz CT molecular complexity index is 270. The first-order valence-electron chi connectivity index (χ1n) is 8.18. The van der Waals surface area contributed by atoms with Gasteiger partial charge < -0.3 is 4.74 Å². The summed E-state index contributed by atoms with van der Waals surface area (Å²) in [5.41, 5.74) is 3.72. The van der Waals surface area contributed by atoms with E-state index in [4.69, 9.17) is 10.6 Å². The van der Waals surface area contributed by atoms with Gasteiger partial charge in [-0.05, 0) is 81.0 Å². The molecule has 0 aliphatic heterocycles. The normalized spacial score (nSPS) is 41.7. The number of nitrogens with one attached hydrogen (secondary N) is 1. The van der Waals surface area contributed by atoms with E-state index in [2.05, 4.69) is 5.43 Å². The molecule has 0 spiro atoms. The van der Waals surface area contributed by atoms with Gasteiger partial charge in [0.15, 0.2) is 0 Å². The average molecular weight is 266 g/mol. The van der Waals surface area contributed by atoms with Crippen molar-refractivity contribution in [2.24, 2.45) is 29.0 Å². The minimum atomic E-state index is 0.492. The molecular weight excluding hydrogens is 236 g/mol. The van der Waals surface area contributed by atoms with Crippen molar-refractivity contribution in [3.8, 4) is 0 Å². The molecule has 3 heteroatoms. The lowest BCUT2D eigenvalue weighted by Crippen LogP contribution is -2.49. The van der Waals surface area contributed by atoms with E-state index in [0.29, 0.717) is 11.5 Å². The molecule has 0 amide bonds. The van der Waals surface area contributed by atoms with Crippen LogP contribution < -0.4 is 11.3 Å². The molecule has 4 fully saturated rings. The average Bonchev–Trinajstić information content (AvgIpc) is 2.36. The summed E-state index contributed by atoms with van der Waals surface area (Å²) in [6.45, 7) is 0.860. The monoisotopic (exact) mass is 266 g/mol. The highest BCUT2D eigenvalue weighted by Gasteiger charge is 2.51. The first-order valence-corrected chi connectivity index (χ1v) is 8.18. The second-order valence-corrected chi connectivity index (χ2v) is 7.62. The summed E-state index contributed by atoms with van der Waals surface area (Å²) in [6.07, 6.45) is 12.6. The second-order valence-electron chi connectivity index (χ2n) is 7.62. The lowest BCUT2D eigenvalue weighted by Gasteiger charge is -2.57. The van der Waals surface area contributed by atoms with Gasteiger partial charge in [-0.2, -0.15) is 0 Å². The number of hydrogen-bond donors (Lipinski definition) is 2. The Hall–Kier alpha value is -0.120. The number of ether oxygens (including phenoxy) is 1. The fraction of sp³-hybridized carbons (Fsp3) is 1.00. The summed E-state index contributed by atoms with van der Waals surface area (Å²) in [4.78, 5) is 0. The number of rotatable bonds is 7. The first-order chi connectivity index (χ1) is 9.23. The molecule has 1 atom stereocenters. The highest BCUT2D eigenvalue weighted by atomic mass is 16.5. The van der Waals surface area contributed by atoms with Gasteiger partial charge in [-0.1, -0.05) is 0 Å². The molecule has 4 rings (SSSR count). The van der Waals surface area contributed by atoms with E-state index in [1.54, 1.807) is 7.11 Å². The van der Waals surface area contributed by atoms with Crippen LogP contribution in [0, 0.1) is 23.2 Å². The summed E-state index contributed by atoms with van der Waals surface area (Å²) < 4.78 is 5.16. The van der Waals surface area contributed by atoms with Crippen LogP contribution in [0.5, 0.6) is 0 Å². The van der Waals surface area contributed by atoms with E-state index in [0.717, 1.165) is 37.2 Å². The molecule has 3 N–H and O–H groups in total. The fourth-order valence-electron chi connectivity index (χ4n) is 5.78. The Labute approximate surface area is 117 Å². The molecule has 0 radical (unpaired) electrons. The Balaban J connectivity index is 1.58. The Kier molecular flexibility index (Phi) is 4.16. The van der Waals surface area contributed by atoms with Crippen LogP contribution in [0.25, 0.3) is 0 Å². The predicted octanol–water partition coefficient (Wildman–Crippen LogP) is 2.85. The van der Waals surface area contributed by atoms with Crippen molar-refractivity contribution in [1.82, 2.24) is 5.43 Å². The SMILES string of the molecule is COCCCC(CC12CC3CC(CC(C3)C1)C2)NN. The molecule has 0 heterocycles. The van der Waals surface area contributed by atoms with Crippen molar-refractivity contribution in [1.29, 1.82) is 0 Å². The zero-order valence-electron chi connectivity index (χ0n) is 12.4. The van der Waals surface area contributed by atoms with E-state index in [9.17, 15) is 0 Å². The number of hydrazine groups is 1. The summed E-state index contributed by atoms with van der Waals surface area (Å²) in [5.74, 6) is 8.93. The van der Waals surface area contributed by atoms with Crippen LogP contribution in [0.15, 0.2) is 0 Å². The van der Waals surface area contributed by atoms with Crippen LogP contribution in [-0.2, 0) is 4.74 Å². The summed E-state index contributed by atoms with van der Waals surface area (Å²) in [5, 5.41) is 0. The maximum Gasteiger partial charge on any atom is 0.0462 e. The van der Waals surface area contributed by atoms with Crippen LogP contribution in [-0.4, -0.2) is 19.8 Å². The van der Waals surface area contributed by atoms with E-state index in [1.807, 2.05) is 0 Å². The molecule has 0 aromatic rings. The van der Waals surface area contributed by atoms with Crippen molar-refractivity contribution in [2.75, 3.05) is 13.7 Å². The Morgan fingerprint density at radius 1 is 1.16 bits per heavy atom. The molecule has 1 unspecified atom stereocenters. The first kappa shape index (κ1) is 13.8. The maximum atomic E-state index is 5.79. The predicted molar refractivity (Wildman–Crippen MR) is 77.4 cm³/mol. The molecule has 0 aromatic carbocycles. The highest BCUT2D eigenvalue weighted by Crippen LogP contribution is 2.61. The molecule has 0 saturated heterocycles. The fourth-order valence-corrected chi connectivity index (χ4v) is 5.78. The third kappa shape index (κ3) is 2.98. The minimum Gasteiger partial charge on any atom is -0.385 e. The minimum absolute atomic E-state index is 0.492. The second kappa shape index (κ2) is 5.71. The van der Waals surface area contributed by atoms with E-state index < -0.39 is 0 Å². The van der Waals surface area contributed by atoms with Crippen LogP contribution in [0.1, 0.15) is 57.8 Å². The lowest BCUT2D eigenvalue weighted by molar-refractivity contribution is -0.0626. The van der Waals surface area contributed by atoms with Crippen LogP contribution in [0.4, 0.5) is 0 Å². The Morgan fingerprint density at radius 3 is 2.21 bits per heavy atom. The number of hydrogen-bond acceptors (Lipinski definition) is 3. The van der Waals surface area contributed by atoms with Gasteiger partial charge in [0.2, 0.25) is 0 Å². The topological polar surface area (TPSA) is 47.3 Å². The zero-order valence-corrected chi connectivity index (χ0v) is 12.4. The van der Waals surface area contributed by atoms with Gasteiger partial charge in [0, 0.05) is 19.8 Å². The van der Waals surface area contributed by atoms with Crippen LogP contribution in [0.3, 0.4) is 0 Å². The quantitative estimate of drug-likeness (QED) is 0.423. The van der Waals surface area contributed by atoms with Crippen molar-refractivity contribution in [3.63, 3.8) is 0 Å². The number of nitrogens with two attached hydrogens (primary N) is 1. The summed E-state index contributed by atoms with van der Waals surface area (Å²) in [7, 11) is 1.78. The van der Waals surface area contributed by atoms with Crippen LogP contribution >= 0.6 is 0 Å². The third-order valence-electron chi connectivity index (χ3n) is 5.98. The van der Waals surface area contributed by atoms with Gasteiger partial charge in [0.25, 0.3) is 0 Å². The van der Waals surface area contributed by atoms with Gasteiger partial charge in [-0.25, -0.2) is 0 Å². The molecule has 0 aromatic heterocycles. The van der Waals surface area contributed by atoms with Crippen molar-refractivity contribution < 1.29 is 4.74 Å². The zero-order chi connectivity index (χ0) is 13.3. The van der Waals surface area contributed by atoms with E-state index in [-0.39, 0.29) is 0 Å². The van der Waals surface area contributed by atoms with Gasteiger partial charge in [-0.3, -0.25) is 11.3 Å². The van der Waals surface area contributed by atoms with Gasteiger partial charge in [0.05, 0.1) is 0 Å². The molecule has 4 aliphatic rings. The van der Waals surface area contributed by atoms with Gasteiger partial charge in [-0.15, -0.1) is 0 Å². The molecule has 19 heavy (non-hydrogen) atoms. The van der Waals surface area contributed by atoms with Crippen molar-refractivity contribution >= 4 is 0 Å². The molecule has 3 nitrogen and oxygen atoms in total. The highest BCUT2D eigenvalue weighted by molar-refractivity contribution is 5.02. The molecule has 4 aliphatic carbocycles. The smallest absolute Gasteiger partial charge is 0.0462 e. The summed E-state index contributed by atoms with van der Waals surface area (Å²) in [6, 6.07) is 0.492. The summed E-state index contributed by atoms with van der Waals surface area (Å²) >= 11 is 0. The third-order valence-corrected chi connectivity index (χ3v) is 5.98. The van der Waals surface area contributed by atoms with Crippen LogP contribution in [0.2, 0.25) is 0 Å². The standard InChI is InChI=1S/C16H30N2O/c1-19-4-2-3-15(18-17)11-16-8-12-5-13(9-16)7-14(6-12)10-16/h12-15,18H,2-11,17H2,1H3. The lowest BCUT2D eigenvalue weighted by atomic mass is 9.48. The largest absolute Gasteiger partial charge is 0.385 e. The van der Waals surface area contributed by atoms with E-state index >= 15 is 0 Å². The molecule has 4 bridgehead atoms. The molecular formula is C16H30N2O. The number of methoxy groups -OCH3 is 1. The van der Waals surface area contributed by atoms with E-state index in [1.165, 1.54) is 44.9 Å².